The van der Waals surface area contributed by atoms with Crippen molar-refractivity contribution in [3.63, 3.8) is 0 Å². The van der Waals surface area contributed by atoms with Gasteiger partial charge in [-0.15, -0.1) is 11.3 Å². The van der Waals surface area contributed by atoms with E-state index in [2.05, 4.69) is 41.4 Å². The van der Waals surface area contributed by atoms with E-state index in [1.807, 2.05) is 34.7 Å². The van der Waals surface area contributed by atoms with Crippen molar-refractivity contribution in [1.82, 2.24) is 35.1 Å². The van der Waals surface area contributed by atoms with E-state index in [0.717, 1.165) is 29.2 Å². The lowest BCUT2D eigenvalue weighted by Crippen LogP contribution is -2.48. The van der Waals surface area contributed by atoms with Crippen LogP contribution < -0.4 is 15.5 Å². The summed E-state index contributed by atoms with van der Waals surface area (Å²) < 4.78 is 1.71. The number of carbonyl (C=O) groups excluding carboxylic acids is 2. The van der Waals surface area contributed by atoms with Crippen LogP contribution in [0.25, 0.3) is 27.5 Å². The van der Waals surface area contributed by atoms with E-state index in [1.165, 1.54) is 0 Å². The SMILES string of the molecule is CCN(CC)[C@@H](C)CNC(=O)c1cc(-c2cnn3ccc(-c4cccs4)nc23)nc(N2CCNC(=O)C2)c1. The molecule has 0 aromatic carbocycles. The van der Waals surface area contributed by atoms with Crippen LogP contribution in [0.2, 0.25) is 0 Å². The summed E-state index contributed by atoms with van der Waals surface area (Å²) in [5.41, 5.74) is 3.29. The molecule has 4 aromatic rings. The Kier molecular flexibility index (Phi) is 7.66. The second kappa shape index (κ2) is 11.3. The first-order chi connectivity index (χ1) is 18.5. The topological polar surface area (TPSA) is 108 Å². The summed E-state index contributed by atoms with van der Waals surface area (Å²) in [7, 11) is 0. The highest BCUT2D eigenvalue weighted by Gasteiger charge is 2.22. The maximum absolute atomic E-state index is 13.4. The number of hydrogen-bond donors (Lipinski definition) is 2. The van der Waals surface area contributed by atoms with Gasteiger partial charge in [0.1, 0.15) is 5.82 Å². The fourth-order valence-corrected chi connectivity index (χ4v) is 5.41. The van der Waals surface area contributed by atoms with E-state index >= 15 is 0 Å². The molecule has 2 N–H and O–H groups in total. The zero-order valence-corrected chi connectivity index (χ0v) is 22.7. The molecule has 5 heterocycles. The average molecular weight is 533 g/mol. The van der Waals surface area contributed by atoms with Crippen LogP contribution in [0, 0.1) is 0 Å². The Balaban J connectivity index is 1.52. The summed E-state index contributed by atoms with van der Waals surface area (Å²) in [5.74, 6) is 0.327. The third-order valence-corrected chi connectivity index (χ3v) is 7.74. The van der Waals surface area contributed by atoms with Crippen molar-refractivity contribution in [2.75, 3.05) is 44.2 Å². The van der Waals surface area contributed by atoms with E-state index in [-0.39, 0.29) is 24.4 Å². The lowest BCUT2D eigenvalue weighted by molar-refractivity contribution is -0.120. The molecule has 0 saturated carbocycles. The first-order valence-corrected chi connectivity index (χ1v) is 13.8. The lowest BCUT2D eigenvalue weighted by Gasteiger charge is -2.28. The lowest BCUT2D eigenvalue weighted by atomic mass is 10.1. The number of amides is 2. The number of rotatable bonds is 9. The molecule has 0 bridgehead atoms. The molecule has 1 aliphatic rings. The second-order valence-corrected chi connectivity index (χ2v) is 10.2. The summed E-state index contributed by atoms with van der Waals surface area (Å²) in [6, 6.07) is 9.70. The van der Waals surface area contributed by atoms with Gasteiger partial charge in [-0.3, -0.25) is 14.5 Å². The third kappa shape index (κ3) is 5.39. The molecular weight excluding hydrogens is 500 g/mol. The number of likely N-dealkylation sites (N-methyl/N-ethyl adjacent to an activating group) is 1. The Hall–Kier alpha value is -3.83. The summed E-state index contributed by atoms with van der Waals surface area (Å²) >= 11 is 1.62. The molecule has 1 saturated heterocycles. The van der Waals surface area contributed by atoms with Crippen LogP contribution in [-0.4, -0.2) is 81.6 Å². The quantitative estimate of drug-likeness (QED) is 0.341. The zero-order chi connectivity index (χ0) is 26.6. The van der Waals surface area contributed by atoms with E-state index < -0.39 is 0 Å². The van der Waals surface area contributed by atoms with E-state index in [4.69, 9.17) is 9.97 Å². The van der Waals surface area contributed by atoms with Gasteiger partial charge >= 0.3 is 0 Å². The Labute approximate surface area is 225 Å². The summed E-state index contributed by atoms with van der Waals surface area (Å²) in [5, 5.41) is 12.4. The minimum absolute atomic E-state index is 0.0688. The predicted octanol–water partition coefficient (Wildman–Crippen LogP) is 2.92. The normalized spacial score (nSPS) is 14.6. The van der Waals surface area contributed by atoms with Gasteiger partial charge in [-0.1, -0.05) is 19.9 Å². The van der Waals surface area contributed by atoms with Gasteiger partial charge in [0.2, 0.25) is 5.91 Å². The monoisotopic (exact) mass is 532 g/mol. The Bertz CT molecular complexity index is 1430. The molecule has 1 atom stereocenters. The first-order valence-electron chi connectivity index (χ1n) is 12.9. The molecule has 5 rings (SSSR count). The third-order valence-electron chi connectivity index (χ3n) is 6.85. The molecule has 198 valence electrons. The largest absolute Gasteiger partial charge is 0.353 e. The number of anilines is 1. The van der Waals surface area contributed by atoms with Gasteiger partial charge < -0.3 is 15.5 Å². The smallest absolute Gasteiger partial charge is 0.251 e. The number of thiophene rings is 1. The van der Waals surface area contributed by atoms with Crippen LogP contribution in [0.3, 0.4) is 0 Å². The minimum Gasteiger partial charge on any atom is -0.353 e. The van der Waals surface area contributed by atoms with Gasteiger partial charge in [0.05, 0.1) is 34.6 Å². The molecule has 38 heavy (non-hydrogen) atoms. The molecular formula is C27H32N8O2S. The van der Waals surface area contributed by atoms with Gasteiger partial charge in [-0.2, -0.15) is 5.10 Å². The van der Waals surface area contributed by atoms with E-state index in [0.29, 0.717) is 42.4 Å². The van der Waals surface area contributed by atoms with Gasteiger partial charge in [0, 0.05) is 37.4 Å². The number of carbonyl (C=O) groups is 2. The minimum atomic E-state index is -0.181. The number of hydrogen-bond acceptors (Lipinski definition) is 8. The fraction of sp³-hybridized carbons (Fsp3) is 0.370. The second-order valence-electron chi connectivity index (χ2n) is 9.27. The fourth-order valence-electron chi connectivity index (χ4n) is 4.71. The Morgan fingerprint density at radius 3 is 2.79 bits per heavy atom. The molecule has 10 nitrogen and oxygen atoms in total. The van der Waals surface area contributed by atoms with Crippen LogP contribution >= 0.6 is 11.3 Å². The standard InChI is InChI=1S/C27H32N8O2S/c1-4-33(5-2)18(3)15-29-27(37)19-13-22(31-24(14-19)34-11-9-28-25(36)17-34)20-16-30-35-10-8-21(32-26(20)35)23-7-6-12-38-23/h6-8,10,12-14,16,18H,4-5,9,11,15,17H2,1-3H3,(H,28,36)(H,29,37)/t18-/m0/s1. The molecule has 0 spiro atoms. The predicted molar refractivity (Wildman–Crippen MR) is 149 cm³/mol. The molecule has 1 aliphatic heterocycles. The number of nitrogens with one attached hydrogen (secondary N) is 2. The van der Waals surface area contributed by atoms with Crippen molar-refractivity contribution in [1.29, 1.82) is 0 Å². The number of fused-ring (bicyclic) bond motifs is 1. The van der Waals surface area contributed by atoms with Crippen LogP contribution in [0.15, 0.2) is 48.1 Å². The number of piperazine rings is 1. The van der Waals surface area contributed by atoms with Crippen molar-refractivity contribution in [2.24, 2.45) is 0 Å². The van der Waals surface area contributed by atoms with Crippen LogP contribution in [0.4, 0.5) is 5.82 Å². The maximum Gasteiger partial charge on any atom is 0.251 e. The van der Waals surface area contributed by atoms with Crippen molar-refractivity contribution >= 4 is 34.6 Å². The van der Waals surface area contributed by atoms with E-state index in [1.54, 1.807) is 34.2 Å². The molecule has 0 aliphatic carbocycles. The number of pyridine rings is 1. The highest BCUT2D eigenvalue weighted by Crippen LogP contribution is 2.29. The van der Waals surface area contributed by atoms with Crippen LogP contribution in [0.5, 0.6) is 0 Å². The van der Waals surface area contributed by atoms with Crippen LogP contribution in [-0.2, 0) is 4.79 Å². The Morgan fingerprint density at radius 1 is 1.21 bits per heavy atom. The van der Waals surface area contributed by atoms with Crippen molar-refractivity contribution < 1.29 is 9.59 Å². The van der Waals surface area contributed by atoms with E-state index in [9.17, 15) is 9.59 Å². The molecule has 0 radical (unpaired) electrons. The maximum atomic E-state index is 13.4. The van der Waals surface area contributed by atoms with Crippen LogP contribution in [0.1, 0.15) is 31.1 Å². The van der Waals surface area contributed by atoms with Crippen molar-refractivity contribution in [2.45, 2.75) is 26.8 Å². The molecule has 11 heteroatoms. The zero-order valence-electron chi connectivity index (χ0n) is 21.8. The van der Waals surface area contributed by atoms with Gasteiger partial charge in [0.25, 0.3) is 5.91 Å². The average Bonchev–Trinajstić information content (AvgIpc) is 3.62. The summed E-state index contributed by atoms with van der Waals surface area (Å²) in [6.45, 7) is 10.0. The Morgan fingerprint density at radius 2 is 2.05 bits per heavy atom. The summed E-state index contributed by atoms with van der Waals surface area (Å²) in [4.78, 5) is 40.5. The first kappa shape index (κ1) is 25.8. The highest BCUT2D eigenvalue weighted by molar-refractivity contribution is 7.13. The van der Waals surface area contributed by atoms with Crippen molar-refractivity contribution in [3.05, 3.63) is 53.7 Å². The number of aromatic nitrogens is 4. The highest BCUT2D eigenvalue weighted by atomic mass is 32.1. The molecule has 1 fully saturated rings. The summed E-state index contributed by atoms with van der Waals surface area (Å²) in [6.07, 6.45) is 3.60. The number of nitrogens with zero attached hydrogens (tertiary/aromatic N) is 6. The molecule has 4 aromatic heterocycles. The van der Waals surface area contributed by atoms with Gasteiger partial charge in [-0.25, -0.2) is 14.5 Å². The van der Waals surface area contributed by atoms with Crippen molar-refractivity contribution in [3.8, 4) is 21.8 Å². The molecule has 2 amide bonds. The molecule has 0 unspecified atom stereocenters. The van der Waals surface area contributed by atoms with Gasteiger partial charge in [0.15, 0.2) is 5.65 Å². The van der Waals surface area contributed by atoms with Gasteiger partial charge in [-0.05, 0) is 49.7 Å².